The third-order valence-corrected chi connectivity index (χ3v) is 3.29. The smallest absolute Gasteiger partial charge is 0.0571 e. The molecule has 0 radical (unpaired) electrons. The molecule has 0 bridgehead atoms. The summed E-state index contributed by atoms with van der Waals surface area (Å²) in [5.41, 5.74) is 0. The first-order valence-electron chi connectivity index (χ1n) is 4.56. The lowest BCUT2D eigenvalue weighted by atomic mass is 9.80. The van der Waals surface area contributed by atoms with Crippen LogP contribution in [0.3, 0.4) is 0 Å². The fourth-order valence-electron chi connectivity index (χ4n) is 2.73. The lowest BCUT2D eigenvalue weighted by Crippen LogP contribution is -2.28. The van der Waals surface area contributed by atoms with E-state index in [4.69, 9.17) is 0 Å². The number of rotatable bonds is 0. The van der Waals surface area contributed by atoms with E-state index in [1.807, 2.05) is 0 Å². The average Bonchev–Trinajstić information content (AvgIpc) is 2.36. The molecule has 1 unspecified atom stereocenters. The summed E-state index contributed by atoms with van der Waals surface area (Å²) in [6, 6.07) is 0. The van der Waals surface area contributed by atoms with Gasteiger partial charge in [-0.2, -0.15) is 0 Å². The van der Waals surface area contributed by atoms with Crippen LogP contribution < -0.4 is 0 Å². The zero-order valence-electron chi connectivity index (χ0n) is 6.42. The summed E-state index contributed by atoms with van der Waals surface area (Å²) in [4.78, 5) is 0. The molecule has 1 nitrogen and oxygen atoms in total. The number of hydrogen-bond acceptors (Lipinski definition) is 1. The van der Waals surface area contributed by atoms with Crippen molar-refractivity contribution in [3.05, 3.63) is 0 Å². The van der Waals surface area contributed by atoms with Gasteiger partial charge in [0.25, 0.3) is 0 Å². The van der Waals surface area contributed by atoms with E-state index >= 15 is 0 Å². The minimum Gasteiger partial charge on any atom is -0.393 e. The number of hydrogen-bond donors (Lipinski definition) is 1. The van der Waals surface area contributed by atoms with Gasteiger partial charge in [-0.15, -0.1) is 0 Å². The fraction of sp³-hybridized carbons (Fsp3) is 1.00. The van der Waals surface area contributed by atoms with Gasteiger partial charge in [0.15, 0.2) is 0 Å². The monoisotopic (exact) mass is 140 g/mol. The van der Waals surface area contributed by atoms with Gasteiger partial charge in [-0.05, 0) is 31.1 Å². The van der Waals surface area contributed by atoms with Crippen molar-refractivity contribution in [2.75, 3.05) is 0 Å². The highest BCUT2D eigenvalue weighted by atomic mass is 16.3. The van der Waals surface area contributed by atoms with Crippen LogP contribution in [0.1, 0.15) is 38.5 Å². The Bertz CT molecular complexity index is 122. The van der Waals surface area contributed by atoms with Crippen molar-refractivity contribution in [2.24, 2.45) is 11.8 Å². The number of aliphatic hydroxyl groups is 1. The van der Waals surface area contributed by atoms with Crippen molar-refractivity contribution >= 4 is 0 Å². The Kier molecular flexibility index (Phi) is 1.69. The molecule has 2 rings (SSSR count). The Morgan fingerprint density at radius 3 is 2.30 bits per heavy atom. The molecule has 0 saturated heterocycles. The maximum Gasteiger partial charge on any atom is 0.0571 e. The van der Waals surface area contributed by atoms with Crippen LogP contribution >= 0.6 is 0 Å². The zero-order valence-corrected chi connectivity index (χ0v) is 6.42. The molecule has 0 aromatic rings. The molecule has 3 atom stereocenters. The van der Waals surface area contributed by atoms with Gasteiger partial charge >= 0.3 is 0 Å². The Labute approximate surface area is 62.4 Å². The molecular weight excluding hydrogens is 124 g/mol. The van der Waals surface area contributed by atoms with Gasteiger partial charge in [0.1, 0.15) is 0 Å². The summed E-state index contributed by atoms with van der Waals surface area (Å²) in [6.07, 6.45) is 7.84. The average molecular weight is 140 g/mol. The van der Waals surface area contributed by atoms with Gasteiger partial charge in [-0.1, -0.05) is 19.3 Å². The number of aliphatic hydroxyl groups excluding tert-OH is 1. The van der Waals surface area contributed by atoms with Crippen LogP contribution in [0.2, 0.25) is 0 Å². The molecular formula is C9H16O. The highest BCUT2D eigenvalue weighted by molar-refractivity contribution is 4.86. The van der Waals surface area contributed by atoms with E-state index in [0.29, 0.717) is 5.92 Å². The standard InChI is InChI=1S/C9H16O/c10-9-6-2-4-7-3-1-5-8(7)9/h7-10H,1-6H2/t7-,8-,9?/m1/s1. The van der Waals surface area contributed by atoms with Crippen molar-refractivity contribution in [1.82, 2.24) is 0 Å². The second-order valence-electron chi connectivity index (χ2n) is 3.85. The van der Waals surface area contributed by atoms with E-state index in [0.717, 1.165) is 12.3 Å². The van der Waals surface area contributed by atoms with Crippen LogP contribution in [-0.2, 0) is 0 Å². The lowest BCUT2D eigenvalue weighted by molar-refractivity contribution is 0.0477. The third kappa shape index (κ3) is 0.968. The first-order valence-corrected chi connectivity index (χ1v) is 4.56. The van der Waals surface area contributed by atoms with Gasteiger partial charge < -0.3 is 5.11 Å². The van der Waals surface area contributed by atoms with Gasteiger partial charge in [0, 0.05) is 0 Å². The van der Waals surface area contributed by atoms with E-state index < -0.39 is 0 Å². The summed E-state index contributed by atoms with van der Waals surface area (Å²) in [5, 5.41) is 9.58. The molecule has 1 heteroatoms. The zero-order chi connectivity index (χ0) is 6.97. The van der Waals surface area contributed by atoms with Gasteiger partial charge in [0.05, 0.1) is 6.10 Å². The van der Waals surface area contributed by atoms with Crippen LogP contribution in [0.4, 0.5) is 0 Å². The summed E-state index contributed by atoms with van der Waals surface area (Å²) in [7, 11) is 0. The minimum absolute atomic E-state index is 0.0567. The first kappa shape index (κ1) is 6.66. The van der Waals surface area contributed by atoms with Crippen LogP contribution in [0.5, 0.6) is 0 Å². The van der Waals surface area contributed by atoms with Crippen molar-refractivity contribution in [3.63, 3.8) is 0 Å². The van der Waals surface area contributed by atoms with Gasteiger partial charge in [-0.25, -0.2) is 0 Å². The molecule has 0 aromatic heterocycles. The molecule has 0 aliphatic heterocycles. The highest BCUT2D eigenvalue weighted by Crippen LogP contribution is 2.41. The third-order valence-electron chi connectivity index (χ3n) is 3.29. The topological polar surface area (TPSA) is 20.2 Å². The molecule has 58 valence electrons. The lowest BCUT2D eigenvalue weighted by Gasteiger charge is -2.29. The molecule has 0 spiro atoms. The predicted octanol–water partition coefficient (Wildman–Crippen LogP) is 1.95. The van der Waals surface area contributed by atoms with Crippen LogP contribution in [-0.4, -0.2) is 11.2 Å². The molecule has 2 saturated carbocycles. The predicted molar refractivity (Wildman–Crippen MR) is 40.7 cm³/mol. The van der Waals surface area contributed by atoms with Crippen molar-refractivity contribution in [3.8, 4) is 0 Å². The van der Waals surface area contributed by atoms with Crippen molar-refractivity contribution < 1.29 is 5.11 Å². The van der Waals surface area contributed by atoms with Crippen LogP contribution in [0, 0.1) is 11.8 Å². The van der Waals surface area contributed by atoms with Gasteiger partial charge in [-0.3, -0.25) is 0 Å². The van der Waals surface area contributed by atoms with Crippen molar-refractivity contribution in [2.45, 2.75) is 44.6 Å². The maximum absolute atomic E-state index is 9.58. The summed E-state index contributed by atoms with van der Waals surface area (Å²) in [5.74, 6) is 1.58. The molecule has 0 amide bonds. The molecule has 2 aliphatic rings. The van der Waals surface area contributed by atoms with E-state index in [2.05, 4.69) is 0 Å². The SMILES string of the molecule is OC1CCC[C@H]2CCC[C@@H]12. The normalized spacial score (nSPS) is 47.1. The van der Waals surface area contributed by atoms with Gasteiger partial charge in [0.2, 0.25) is 0 Å². The van der Waals surface area contributed by atoms with Crippen LogP contribution in [0.15, 0.2) is 0 Å². The number of fused-ring (bicyclic) bond motifs is 1. The quantitative estimate of drug-likeness (QED) is 0.545. The van der Waals surface area contributed by atoms with E-state index in [1.54, 1.807) is 0 Å². The van der Waals surface area contributed by atoms with Crippen molar-refractivity contribution in [1.29, 1.82) is 0 Å². The van der Waals surface area contributed by atoms with Crippen LogP contribution in [0.25, 0.3) is 0 Å². The summed E-state index contributed by atoms with van der Waals surface area (Å²) < 4.78 is 0. The minimum atomic E-state index is 0.0567. The fourth-order valence-corrected chi connectivity index (χ4v) is 2.73. The molecule has 0 aromatic carbocycles. The Morgan fingerprint density at radius 2 is 1.60 bits per heavy atom. The summed E-state index contributed by atoms with van der Waals surface area (Å²) in [6.45, 7) is 0. The van der Waals surface area contributed by atoms with E-state index in [1.165, 1.54) is 32.1 Å². The Hall–Kier alpha value is -0.0400. The Balaban J connectivity index is 2.03. The second kappa shape index (κ2) is 2.54. The molecule has 1 N–H and O–H groups in total. The molecule has 10 heavy (non-hydrogen) atoms. The Morgan fingerprint density at radius 1 is 0.900 bits per heavy atom. The molecule has 2 aliphatic carbocycles. The second-order valence-corrected chi connectivity index (χ2v) is 3.85. The van der Waals surface area contributed by atoms with E-state index in [9.17, 15) is 5.11 Å². The largest absolute Gasteiger partial charge is 0.393 e. The highest BCUT2D eigenvalue weighted by Gasteiger charge is 2.35. The summed E-state index contributed by atoms with van der Waals surface area (Å²) >= 11 is 0. The molecule has 2 fully saturated rings. The van der Waals surface area contributed by atoms with E-state index in [-0.39, 0.29) is 6.10 Å². The first-order chi connectivity index (χ1) is 4.88. The molecule has 0 heterocycles. The maximum atomic E-state index is 9.58.